The van der Waals surface area contributed by atoms with Crippen LogP contribution in [0.2, 0.25) is 0 Å². The van der Waals surface area contributed by atoms with E-state index in [9.17, 15) is 14.4 Å². The van der Waals surface area contributed by atoms with Crippen LogP contribution in [0.1, 0.15) is 57.8 Å². The summed E-state index contributed by atoms with van der Waals surface area (Å²) < 4.78 is 0. The fraction of sp³-hybridized carbons (Fsp3) is 0.857. The van der Waals surface area contributed by atoms with E-state index in [-0.39, 0.29) is 29.8 Å². The summed E-state index contributed by atoms with van der Waals surface area (Å²) in [5.74, 6) is -0.426. The number of hydrogen-bond donors (Lipinski definition) is 7. The number of nitrogens with one attached hydrogen (secondary N) is 5. The van der Waals surface area contributed by atoms with Crippen molar-refractivity contribution < 1.29 is 14.4 Å². The van der Waals surface area contributed by atoms with Gasteiger partial charge in [0.2, 0.25) is 17.7 Å². The Kier molecular flexibility index (Phi) is 17.9. The minimum absolute atomic E-state index is 0.0231. The fourth-order valence-corrected chi connectivity index (χ4v) is 3.32. The summed E-state index contributed by atoms with van der Waals surface area (Å²) in [6, 6.07) is -1.17. The van der Waals surface area contributed by atoms with Crippen molar-refractivity contribution >= 4 is 17.7 Å². The highest BCUT2D eigenvalue weighted by atomic mass is 16.2. The molecular weight excluding hydrogens is 398 g/mol. The monoisotopic (exact) mass is 443 g/mol. The lowest BCUT2D eigenvalue weighted by molar-refractivity contribution is -0.130. The van der Waals surface area contributed by atoms with Gasteiger partial charge in [-0.1, -0.05) is 12.8 Å². The summed E-state index contributed by atoms with van der Waals surface area (Å²) in [4.78, 5) is 37.0. The molecule has 0 aromatic heterocycles. The van der Waals surface area contributed by atoms with Crippen LogP contribution in [0.25, 0.3) is 0 Å². The number of likely N-dealkylation sites (N-methyl/N-ethyl adjacent to an activating group) is 3. The quantitative estimate of drug-likeness (QED) is 0.125. The molecule has 0 saturated carbocycles. The van der Waals surface area contributed by atoms with Crippen LogP contribution in [0.3, 0.4) is 0 Å². The molecule has 0 aromatic rings. The zero-order chi connectivity index (χ0) is 23.5. The Morgan fingerprint density at radius 3 is 1.61 bits per heavy atom. The maximum absolute atomic E-state index is 12.5. The van der Waals surface area contributed by atoms with Gasteiger partial charge in [0, 0.05) is 13.6 Å². The first-order valence-electron chi connectivity index (χ1n) is 11.5. The molecule has 0 fully saturated rings. The van der Waals surface area contributed by atoms with E-state index >= 15 is 0 Å². The molecule has 0 aliphatic heterocycles. The molecule has 0 aliphatic carbocycles. The summed E-state index contributed by atoms with van der Waals surface area (Å²) in [5, 5.41) is 14.4. The third kappa shape index (κ3) is 13.3. The summed E-state index contributed by atoms with van der Waals surface area (Å²) in [6.07, 6.45) is 6.87. The van der Waals surface area contributed by atoms with E-state index < -0.39 is 6.04 Å². The van der Waals surface area contributed by atoms with E-state index in [2.05, 4.69) is 26.6 Å². The normalized spacial score (nSPS) is 13.8. The summed E-state index contributed by atoms with van der Waals surface area (Å²) in [5.41, 5.74) is 11.0. The molecule has 0 heterocycles. The second-order valence-corrected chi connectivity index (χ2v) is 7.71. The Morgan fingerprint density at radius 2 is 1.13 bits per heavy atom. The lowest BCUT2D eigenvalue weighted by Crippen LogP contribution is -2.51. The average Bonchev–Trinajstić information content (AvgIpc) is 2.77. The highest BCUT2D eigenvalue weighted by Crippen LogP contribution is 2.05. The second kappa shape index (κ2) is 19.0. The first-order chi connectivity index (χ1) is 14.9. The van der Waals surface area contributed by atoms with E-state index in [0.717, 1.165) is 38.5 Å². The van der Waals surface area contributed by atoms with Gasteiger partial charge in [-0.25, -0.2) is 0 Å². The third-order valence-corrected chi connectivity index (χ3v) is 5.32. The number of hydrogen-bond acceptors (Lipinski definition) is 7. The zero-order valence-corrected chi connectivity index (χ0v) is 19.6. The first kappa shape index (κ1) is 29.2. The van der Waals surface area contributed by atoms with Gasteiger partial charge in [-0.3, -0.25) is 14.4 Å². The van der Waals surface area contributed by atoms with Crippen LogP contribution in [0, 0.1) is 0 Å². The molecule has 0 aliphatic rings. The van der Waals surface area contributed by atoms with Crippen LogP contribution in [-0.4, -0.2) is 76.6 Å². The molecule has 3 amide bonds. The molecule has 0 bridgehead atoms. The van der Waals surface area contributed by atoms with Crippen molar-refractivity contribution in [3.8, 4) is 0 Å². The molecule has 0 spiro atoms. The Balaban J connectivity index is 4.41. The van der Waals surface area contributed by atoms with Crippen LogP contribution >= 0.6 is 0 Å². The van der Waals surface area contributed by atoms with Crippen molar-refractivity contribution in [2.24, 2.45) is 11.5 Å². The van der Waals surface area contributed by atoms with Gasteiger partial charge in [0.1, 0.15) is 6.04 Å². The van der Waals surface area contributed by atoms with Gasteiger partial charge in [0.25, 0.3) is 0 Å². The van der Waals surface area contributed by atoms with E-state index in [0.29, 0.717) is 38.9 Å². The molecule has 0 rings (SSSR count). The molecule has 9 N–H and O–H groups in total. The molecule has 182 valence electrons. The lowest BCUT2D eigenvalue weighted by Gasteiger charge is -2.22. The molecule has 3 unspecified atom stereocenters. The summed E-state index contributed by atoms with van der Waals surface area (Å²) in [7, 11) is 5.07. The van der Waals surface area contributed by atoms with E-state index in [4.69, 9.17) is 11.5 Å². The summed E-state index contributed by atoms with van der Waals surface area (Å²) >= 11 is 0. The molecular formula is C21H45N7O3. The van der Waals surface area contributed by atoms with Gasteiger partial charge in [-0.2, -0.15) is 0 Å². The van der Waals surface area contributed by atoms with Crippen molar-refractivity contribution in [3.05, 3.63) is 0 Å². The van der Waals surface area contributed by atoms with E-state index in [1.54, 1.807) is 21.1 Å². The smallest absolute Gasteiger partial charge is 0.242 e. The third-order valence-electron chi connectivity index (χ3n) is 5.32. The lowest BCUT2D eigenvalue weighted by atomic mass is 10.1. The van der Waals surface area contributed by atoms with Gasteiger partial charge in [0.15, 0.2) is 0 Å². The first-order valence-corrected chi connectivity index (χ1v) is 11.5. The van der Waals surface area contributed by atoms with Crippen LogP contribution in [-0.2, 0) is 14.4 Å². The number of amides is 3. The van der Waals surface area contributed by atoms with E-state index in [1.807, 2.05) is 0 Å². The molecule has 10 nitrogen and oxygen atoms in total. The molecule has 31 heavy (non-hydrogen) atoms. The average molecular weight is 444 g/mol. The number of unbranched alkanes of at least 4 members (excludes halogenated alkanes) is 3. The molecule has 0 saturated heterocycles. The molecule has 10 heteroatoms. The molecule has 0 aromatic carbocycles. The van der Waals surface area contributed by atoms with Gasteiger partial charge in [-0.15, -0.1) is 0 Å². The van der Waals surface area contributed by atoms with Crippen LogP contribution in [0.5, 0.6) is 0 Å². The highest BCUT2D eigenvalue weighted by molar-refractivity contribution is 5.89. The van der Waals surface area contributed by atoms with Crippen LogP contribution in [0.4, 0.5) is 0 Å². The standard InChI is InChI=1S/C21H45N7O3/c1-24-16(10-4-7-13-22)20(30)27-15-9-6-12-18(19(29)26-3)28-21(31)17(25-2)11-5-8-14-23/h16-18,24-25H,4-15,22-23H2,1-3H3,(H,26,29)(H,27,30)(H,28,31). The minimum atomic E-state index is -0.597. The zero-order valence-electron chi connectivity index (χ0n) is 19.6. The van der Waals surface area contributed by atoms with Gasteiger partial charge in [-0.05, 0) is 72.1 Å². The van der Waals surface area contributed by atoms with E-state index in [1.165, 1.54) is 0 Å². The largest absolute Gasteiger partial charge is 0.357 e. The predicted octanol–water partition coefficient (Wildman–Crippen LogP) is -1.06. The SMILES string of the molecule is CNC(=O)C(CCCCNC(=O)C(CCCCN)NC)NC(=O)C(CCCCN)NC. The maximum Gasteiger partial charge on any atom is 0.242 e. The van der Waals surface area contributed by atoms with Crippen LogP contribution in [0.15, 0.2) is 0 Å². The van der Waals surface area contributed by atoms with Crippen molar-refractivity contribution in [2.75, 3.05) is 40.8 Å². The van der Waals surface area contributed by atoms with Crippen molar-refractivity contribution in [1.29, 1.82) is 0 Å². The number of carbonyl (C=O) groups excluding carboxylic acids is 3. The topological polar surface area (TPSA) is 163 Å². The van der Waals surface area contributed by atoms with Gasteiger partial charge in [0.05, 0.1) is 12.1 Å². The Morgan fingerprint density at radius 1 is 0.645 bits per heavy atom. The Hall–Kier alpha value is -1.75. The Labute approximate surface area is 187 Å². The van der Waals surface area contributed by atoms with Gasteiger partial charge < -0.3 is 38.1 Å². The number of carbonyl (C=O) groups is 3. The Bertz CT molecular complexity index is 505. The van der Waals surface area contributed by atoms with Crippen molar-refractivity contribution in [1.82, 2.24) is 26.6 Å². The predicted molar refractivity (Wildman–Crippen MR) is 124 cm³/mol. The number of rotatable bonds is 19. The van der Waals surface area contributed by atoms with Gasteiger partial charge >= 0.3 is 0 Å². The highest BCUT2D eigenvalue weighted by Gasteiger charge is 2.23. The maximum atomic E-state index is 12.5. The van der Waals surface area contributed by atoms with Crippen molar-refractivity contribution in [2.45, 2.75) is 75.9 Å². The fourth-order valence-electron chi connectivity index (χ4n) is 3.32. The minimum Gasteiger partial charge on any atom is -0.357 e. The van der Waals surface area contributed by atoms with Crippen molar-refractivity contribution in [3.63, 3.8) is 0 Å². The summed E-state index contributed by atoms with van der Waals surface area (Å²) in [6.45, 7) is 1.75. The number of nitrogens with two attached hydrogens (primary N) is 2. The molecule has 3 atom stereocenters. The molecule has 0 radical (unpaired) electrons. The second-order valence-electron chi connectivity index (χ2n) is 7.71. The van der Waals surface area contributed by atoms with Crippen LogP contribution < -0.4 is 38.1 Å².